The highest BCUT2D eigenvalue weighted by Crippen LogP contribution is 2.29. The highest BCUT2D eigenvalue weighted by molar-refractivity contribution is 5.30. The van der Waals surface area contributed by atoms with E-state index in [1.165, 1.54) is 25.5 Å². The SMILES string of the molecule is CCC1CCCC(Oc2nccnc2C#N)C1. The Bertz CT molecular complexity index is 413. The zero-order chi connectivity index (χ0) is 12.1. The van der Waals surface area contributed by atoms with E-state index in [0.717, 1.165) is 18.8 Å². The van der Waals surface area contributed by atoms with Crippen LogP contribution in [-0.2, 0) is 0 Å². The van der Waals surface area contributed by atoms with Gasteiger partial charge in [-0.3, -0.25) is 0 Å². The molecule has 4 nitrogen and oxygen atoms in total. The molecule has 0 aliphatic heterocycles. The lowest BCUT2D eigenvalue weighted by Crippen LogP contribution is -2.25. The minimum atomic E-state index is 0.192. The van der Waals surface area contributed by atoms with Crippen LogP contribution in [-0.4, -0.2) is 16.1 Å². The molecule has 2 rings (SSSR count). The van der Waals surface area contributed by atoms with Crippen molar-refractivity contribution in [2.75, 3.05) is 0 Å². The van der Waals surface area contributed by atoms with E-state index in [9.17, 15) is 0 Å². The second-order valence-corrected chi connectivity index (χ2v) is 4.50. The Morgan fingerprint density at radius 1 is 1.41 bits per heavy atom. The Balaban J connectivity index is 2.03. The lowest BCUT2D eigenvalue weighted by molar-refractivity contribution is 0.116. The first-order chi connectivity index (χ1) is 8.33. The third-order valence-electron chi connectivity index (χ3n) is 3.36. The summed E-state index contributed by atoms with van der Waals surface area (Å²) in [5.41, 5.74) is 0.283. The van der Waals surface area contributed by atoms with Gasteiger partial charge in [0.05, 0.1) is 0 Å². The maximum Gasteiger partial charge on any atom is 0.251 e. The molecular formula is C13H17N3O. The van der Waals surface area contributed by atoms with E-state index >= 15 is 0 Å². The molecule has 0 saturated heterocycles. The Morgan fingerprint density at radius 2 is 2.24 bits per heavy atom. The van der Waals surface area contributed by atoms with Crippen LogP contribution >= 0.6 is 0 Å². The summed E-state index contributed by atoms with van der Waals surface area (Å²) in [5, 5.41) is 8.91. The predicted molar refractivity (Wildman–Crippen MR) is 63.4 cm³/mol. The first-order valence-corrected chi connectivity index (χ1v) is 6.21. The van der Waals surface area contributed by atoms with Crippen LogP contribution in [0.15, 0.2) is 12.4 Å². The third-order valence-corrected chi connectivity index (χ3v) is 3.36. The molecule has 4 heteroatoms. The molecule has 0 spiro atoms. The van der Waals surface area contributed by atoms with Gasteiger partial charge in [-0.15, -0.1) is 0 Å². The second-order valence-electron chi connectivity index (χ2n) is 4.50. The summed E-state index contributed by atoms with van der Waals surface area (Å²) in [7, 11) is 0. The van der Waals surface area contributed by atoms with E-state index < -0.39 is 0 Å². The first kappa shape index (κ1) is 11.8. The fourth-order valence-electron chi connectivity index (χ4n) is 2.37. The zero-order valence-electron chi connectivity index (χ0n) is 10.1. The number of hydrogen-bond acceptors (Lipinski definition) is 4. The molecule has 0 radical (unpaired) electrons. The highest BCUT2D eigenvalue weighted by Gasteiger charge is 2.23. The number of hydrogen-bond donors (Lipinski definition) is 0. The standard InChI is InChI=1S/C13H17N3O/c1-2-10-4-3-5-11(8-10)17-13-12(9-14)15-6-7-16-13/h6-7,10-11H,2-5,8H2,1H3. The van der Waals surface area contributed by atoms with Crippen molar-refractivity contribution < 1.29 is 4.74 Å². The summed E-state index contributed by atoms with van der Waals surface area (Å²) in [5.74, 6) is 1.13. The Hall–Kier alpha value is -1.63. The quantitative estimate of drug-likeness (QED) is 0.802. The van der Waals surface area contributed by atoms with E-state index in [4.69, 9.17) is 10.00 Å². The van der Waals surface area contributed by atoms with Crippen LogP contribution in [0.5, 0.6) is 5.88 Å². The minimum Gasteiger partial charge on any atom is -0.472 e. The lowest BCUT2D eigenvalue weighted by atomic mass is 9.85. The van der Waals surface area contributed by atoms with Gasteiger partial charge in [0.1, 0.15) is 12.2 Å². The summed E-state index contributed by atoms with van der Waals surface area (Å²) in [6.45, 7) is 2.22. The number of ether oxygens (including phenoxy) is 1. The normalized spacial score (nSPS) is 24.0. The van der Waals surface area contributed by atoms with Crippen LogP contribution in [0.1, 0.15) is 44.7 Å². The van der Waals surface area contributed by atoms with Gasteiger partial charge in [0.25, 0.3) is 5.88 Å². The monoisotopic (exact) mass is 231 g/mol. The van der Waals surface area contributed by atoms with Crippen molar-refractivity contribution in [2.45, 2.75) is 45.1 Å². The molecule has 1 fully saturated rings. The zero-order valence-corrected chi connectivity index (χ0v) is 10.1. The molecule has 0 N–H and O–H groups in total. The van der Waals surface area contributed by atoms with Crippen molar-refractivity contribution in [1.29, 1.82) is 5.26 Å². The van der Waals surface area contributed by atoms with Gasteiger partial charge in [-0.25, -0.2) is 9.97 Å². The smallest absolute Gasteiger partial charge is 0.251 e. The Kier molecular flexibility index (Phi) is 3.92. The van der Waals surface area contributed by atoms with Crippen LogP contribution in [0.3, 0.4) is 0 Å². The second kappa shape index (κ2) is 5.62. The fourth-order valence-corrected chi connectivity index (χ4v) is 2.37. The van der Waals surface area contributed by atoms with E-state index in [0.29, 0.717) is 5.88 Å². The molecule has 1 heterocycles. The van der Waals surface area contributed by atoms with Gasteiger partial charge < -0.3 is 4.74 Å². The average molecular weight is 231 g/mol. The highest BCUT2D eigenvalue weighted by atomic mass is 16.5. The topological polar surface area (TPSA) is 58.8 Å². The van der Waals surface area contributed by atoms with E-state index in [1.807, 2.05) is 6.07 Å². The minimum absolute atomic E-state index is 0.192. The molecule has 2 atom stereocenters. The first-order valence-electron chi connectivity index (χ1n) is 6.21. The molecule has 0 aromatic carbocycles. The Labute approximate surface area is 102 Å². The lowest BCUT2D eigenvalue weighted by Gasteiger charge is -2.28. The van der Waals surface area contributed by atoms with Gasteiger partial charge in [-0.1, -0.05) is 19.8 Å². The van der Waals surface area contributed by atoms with Gasteiger partial charge in [-0.2, -0.15) is 5.26 Å². The number of nitrogens with zero attached hydrogens (tertiary/aromatic N) is 3. The number of nitriles is 1. The van der Waals surface area contributed by atoms with Crippen molar-refractivity contribution in [2.24, 2.45) is 5.92 Å². The van der Waals surface area contributed by atoms with E-state index in [2.05, 4.69) is 16.9 Å². The molecule has 90 valence electrons. The van der Waals surface area contributed by atoms with Gasteiger partial charge in [0.15, 0.2) is 0 Å². The summed E-state index contributed by atoms with van der Waals surface area (Å²) < 4.78 is 5.81. The summed E-state index contributed by atoms with van der Waals surface area (Å²) in [6, 6.07) is 2.01. The van der Waals surface area contributed by atoms with Crippen LogP contribution in [0.2, 0.25) is 0 Å². The van der Waals surface area contributed by atoms with Crippen molar-refractivity contribution >= 4 is 0 Å². The van der Waals surface area contributed by atoms with Crippen molar-refractivity contribution in [1.82, 2.24) is 9.97 Å². The molecule has 2 unspecified atom stereocenters. The molecule has 1 aromatic heterocycles. The molecule has 0 amide bonds. The molecule has 1 saturated carbocycles. The average Bonchev–Trinajstić information content (AvgIpc) is 2.39. The van der Waals surface area contributed by atoms with E-state index in [1.54, 1.807) is 6.20 Å². The summed E-state index contributed by atoms with van der Waals surface area (Å²) in [4.78, 5) is 8.04. The van der Waals surface area contributed by atoms with Crippen molar-refractivity contribution in [3.63, 3.8) is 0 Å². The number of aromatic nitrogens is 2. The van der Waals surface area contributed by atoms with Gasteiger partial charge in [-0.05, 0) is 25.2 Å². The van der Waals surface area contributed by atoms with Gasteiger partial charge in [0.2, 0.25) is 5.69 Å². The van der Waals surface area contributed by atoms with Crippen LogP contribution in [0.4, 0.5) is 0 Å². The summed E-state index contributed by atoms with van der Waals surface area (Å²) in [6.07, 6.45) is 9.09. The van der Waals surface area contributed by atoms with Crippen LogP contribution in [0, 0.1) is 17.2 Å². The molecule has 1 aromatic rings. The summed E-state index contributed by atoms with van der Waals surface area (Å²) >= 11 is 0. The van der Waals surface area contributed by atoms with Crippen LogP contribution in [0.25, 0.3) is 0 Å². The van der Waals surface area contributed by atoms with Crippen LogP contribution < -0.4 is 4.74 Å². The predicted octanol–water partition coefficient (Wildman–Crippen LogP) is 2.70. The molecule has 0 bridgehead atoms. The maximum atomic E-state index is 8.91. The fraction of sp³-hybridized carbons (Fsp3) is 0.615. The Morgan fingerprint density at radius 3 is 3.00 bits per heavy atom. The van der Waals surface area contributed by atoms with E-state index in [-0.39, 0.29) is 11.8 Å². The van der Waals surface area contributed by atoms with Gasteiger partial charge in [0, 0.05) is 12.4 Å². The molecule has 17 heavy (non-hydrogen) atoms. The molecule has 1 aliphatic rings. The molecule has 1 aliphatic carbocycles. The van der Waals surface area contributed by atoms with Crippen molar-refractivity contribution in [3.8, 4) is 11.9 Å². The molecular weight excluding hydrogens is 214 g/mol. The van der Waals surface area contributed by atoms with Crippen molar-refractivity contribution in [3.05, 3.63) is 18.1 Å². The number of rotatable bonds is 3. The van der Waals surface area contributed by atoms with Gasteiger partial charge >= 0.3 is 0 Å². The third kappa shape index (κ3) is 2.94. The largest absolute Gasteiger partial charge is 0.472 e. The maximum absolute atomic E-state index is 8.91.